The van der Waals surface area contributed by atoms with Gasteiger partial charge in [0, 0.05) is 41.2 Å². The topological polar surface area (TPSA) is 40.5 Å². The first-order valence-electron chi connectivity index (χ1n) is 7.09. The van der Waals surface area contributed by atoms with E-state index in [1.807, 2.05) is 18.0 Å². The van der Waals surface area contributed by atoms with Gasteiger partial charge in [-0.1, -0.05) is 0 Å². The standard InChI is InChI=1S/C14H24N4S2.HI/c1-5-15-13(17-9-12-16-8-11(2)20-12)18-6-7-19-14(3,4)10-18;/h8H,5-7,9-10H2,1-4H3,(H,15,17);1H. The Kier molecular flexibility index (Phi) is 7.77. The Balaban J connectivity index is 0.00000220. The summed E-state index contributed by atoms with van der Waals surface area (Å²) in [7, 11) is 0. The number of nitrogens with one attached hydrogen (secondary N) is 1. The molecule has 1 saturated heterocycles. The fraction of sp³-hybridized carbons (Fsp3) is 0.714. The highest BCUT2D eigenvalue weighted by Crippen LogP contribution is 2.29. The van der Waals surface area contributed by atoms with Crippen molar-refractivity contribution in [3.05, 3.63) is 16.1 Å². The zero-order valence-corrected chi connectivity index (χ0v) is 17.1. The van der Waals surface area contributed by atoms with Crippen LogP contribution in [0.25, 0.3) is 0 Å². The fourth-order valence-electron chi connectivity index (χ4n) is 2.24. The van der Waals surface area contributed by atoms with Crippen LogP contribution in [0, 0.1) is 6.92 Å². The van der Waals surface area contributed by atoms with Crippen molar-refractivity contribution in [3.63, 3.8) is 0 Å². The number of guanidine groups is 1. The summed E-state index contributed by atoms with van der Waals surface area (Å²) < 4.78 is 0.298. The largest absolute Gasteiger partial charge is 0.357 e. The summed E-state index contributed by atoms with van der Waals surface area (Å²) in [6.45, 7) is 12.5. The van der Waals surface area contributed by atoms with E-state index in [0.717, 1.165) is 36.4 Å². The second-order valence-corrected chi connectivity index (χ2v) is 8.69. The number of thioether (sulfide) groups is 1. The minimum absolute atomic E-state index is 0. The number of nitrogens with zero attached hydrogens (tertiary/aromatic N) is 3. The Hall–Kier alpha value is -0.0200. The molecule has 2 heterocycles. The lowest BCUT2D eigenvalue weighted by molar-refractivity contribution is 0.376. The normalized spacial score (nSPS) is 18.3. The first kappa shape index (κ1) is 19.0. The Bertz CT molecular complexity index is 473. The molecule has 0 unspecified atom stereocenters. The smallest absolute Gasteiger partial charge is 0.194 e. The number of thiazole rings is 1. The van der Waals surface area contributed by atoms with Crippen LogP contribution >= 0.6 is 47.1 Å². The van der Waals surface area contributed by atoms with Crippen LogP contribution in [-0.2, 0) is 6.54 Å². The van der Waals surface area contributed by atoms with E-state index >= 15 is 0 Å². The van der Waals surface area contributed by atoms with Gasteiger partial charge in [-0.2, -0.15) is 11.8 Å². The van der Waals surface area contributed by atoms with Crippen LogP contribution in [0.3, 0.4) is 0 Å². The highest BCUT2D eigenvalue weighted by molar-refractivity contribution is 14.0. The van der Waals surface area contributed by atoms with Crippen LogP contribution in [0.1, 0.15) is 30.7 Å². The average Bonchev–Trinajstić information content (AvgIpc) is 2.79. The van der Waals surface area contributed by atoms with Gasteiger partial charge in [-0.25, -0.2) is 9.98 Å². The minimum atomic E-state index is 0. The van der Waals surface area contributed by atoms with Gasteiger partial charge in [-0.05, 0) is 27.7 Å². The Morgan fingerprint density at radius 2 is 2.29 bits per heavy atom. The van der Waals surface area contributed by atoms with Crippen molar-refractivity contribution in [1.29, 1.82) is 0 Å². The maximum absolute atomic E-state index is 4.76. The maximum atomic E-state index is 4.76. The molecule has 0 amide bonds. The monoisotopic (exact) mass is 440 g/mol. The van der Waals surface area contributed by atoms with Crippen molar-refractivity contribution in [3.8, 4) is 0 Å². The van der Waals surface area contributed by atoms with Crippen molar-refractivity contribution in [1.82, 2.24) is 15.2 Å². The number of aryl methyl sites for hydroxylation is 1. The van der Waals surface area contributed by atoms with Gasteiger partial charge < -0.3 is 10.2 Å². The van der Waals surface area contributed by atoms with Crippen LogP contribution in [0.4, 0.5) is 0 Å². The van der Waals surface area contributed by atoms with E-state index in [-0.39, 0.29) is 24.0 Å². The van der Waals surface area contributed by atoms with E-state index in [1.54, 1.807) is 11.3 Å². The molecule has 2 rings (SSSR count). The van der Waals surface area contributed by atoms with Crippen molar-refractivity contribution >= 4 is 53.0 Å². The zero-order valence-electron chi connectivity index (χ0n) is 13.2. The molecule has 0 bridgehead atoms. The van der Waals surface area contributed by atoms with Gasteiger partial charge in [0.15, 0.2) is 5.96 Å². The number of halogens is 1. The lowest BCUT2D eigenvalue weighted by Gasteiger charge is -2.39. The summed E-state index contributed by atoms with van der Waals surface area (Å²) in [6.07, 6.45) is 1.92. The molecule has 0 aliphatic carbocycles. The van der Waals surface area contributed by atoms with Crippen molar-refractivity contribution in [2.24, 2.45) is 4.99 Å². The second-order valence-electron chi connectivity index (χ2n) is 5.56. The van der Waals surface area contributed by atoms with Crippen LogP contribution in [0.5, 0.6) is 0 Å². The highest BCUT2D eigenvalue weighted by atomic mass is 127. The summed E-state index contributed by atoms with van der Waals surface area (Å²) >= 11 is 3.77. The molecule has 1 fully saturated rings. The van der Waals surface area contributed by atoms with Gasteiger partial charge >= 0.3 is 0 Å². The SMILES string of the molecule is CCNC(=NCc1ncc(C)s1)N1CCSC(C)(C)C1.I. The molecule has 0 atom stereocenters. The summed E-state index contributed by atoms with van der Waals surface area (Å²) in [5.74, 6) is 2.18. The third kappa shape index (κ3) is 5.94. The molecule has 0 saturated carbocycles. The highest BCUT2D eigenvalue weighted by Gasteiger charge is 2.28. The number of hydrogen-bond donors (Lipinski definition) is 1. The van der Waals surface area contributed by atoms with Crippen LogP contribution in [0.15, 0.2) is 11.2 Å². The quantitative estimate of drug-likeness (QED) is 0.445. The molecule has 21 heavy (non-hydrogen) atoms. The number of rotatable bonds is 3. The summed E-state index contributed by atoms with van der Waals surface area (Å²) in [5, 5.41) is 4.50. The molecule has 4 nitrogen and oxygen atoms in total. The number of aliphatic imine (C=N–C) groups is 1. The Labute approximate surface area is 153 Å². The molecule has 1 aliphatic rings. The van der Waals surface area contributed by atoms with Crippen LogP contribution in [-0.4, -0.2) is 46.0 Å². The van der Waals surface area contributed by atoms with Crippen molar-refractivity contribution < 1.29 is 0 Å². The Morgan fingerprint density at radius 3 is 2.86 bits per heavy atom. The molecule has 1 N–H and O–H groups in total. The lowest BCUT2D eigenvalue weighted by Crippen LogP contribution is -2.50. The van der Waals surface area contributed by atoms with Crippen LogP contribution in [0.2, 0.25) is 0 Å². The molecule has 7 heteroatoms. The molecule has 0 aromatic carbocycles. The van der Waals surface area contributed by atoms with Gasteiger partial charge in [0.1, 0.15) is 5.01 Å². The first-order valence-corrected chi connectivity index (χ1v) is 8.89. The fourth-order valence-corrected chi connectivity index (χ4v) is 4.06. The van der Waals surface area contributed by atoms with Crippen molar-refractivity contribution in [2.45, 2.75) is 39.0 Å². The summed E-state index contributed by atoms with van der Waals surface area (Å²) in [6, 6.07) is 0. The molecule has 120 valence electrons. The summed E-state index contributed by atoms with van der Waals surface area (Å²) in [5.41, 5.74) is 0. The Morgan fingerprint density at radius 1 is 1.52 bits per heavy atom. The van der Waals surface area contributed by atoms with E-state index in [4.69, 9.17) is 4.99 Å². The lowest BCUT2D eigenvalue weighted by atomic mass is 10.2. The third-order valence-corrected chi connectivity index (χ3v) is 5.29. The first-order chi connectivity index (χ1) is 9.50. The van der Waals surface area contributed by atoms with E-state index in [2.05, 4.69) is 42.9 Å². The number of hydrogen-bond acceptors (Lipinski definition) is 4. The van der Waals surface area contributed by atoms with E-state index in [1.165, 1.54) is 4.88 Å². The third-order valence-electron chi connectivity index (χ3n) is 3.09. The predicted molar refractivity (Wildman–Crippen MR) is 105 cm³/mol. The predicted octanol–water partition coefficient (Wildman–Crippen LogP) is 3.36. The van der Waals surface area contributed by atoms with Gasteiger partial charge in [0.2, 0.25) is 0 Å². The molecule has 1 aliphatic heterocycles. The molecule has 0 spiro atoms. The molecular weight excluding hydrogens is 415 g/mol. The minimum Gasteiger partial charge on any atom is -0.357 e. The van der Waals surface area contributed by atoms with Gasteiger partial charge in [0.25, 0.3) is 0 Å². The van der Waals surface area contributed by atoms with E-state index in [9.17, 15) is 0 Å². The van der Waals surface area contributed by atoms with Gasteiger partial charge in [-0.15, -0.1) is 35.3 Å². The van der Waals surface area contributed by atoms with E-state index < -0.39 is 0 Å². The second kappa shape index (κ2) is 8.57. The van der Waals surface area contributed by atoms with Gasteiger partial charge in [0.05, 0.1) is 6.54 Å². The average molecular weight is 440 g/mol. The van der Waals surface area contributed by atoms with Crippen LogP contribution < -0.4 is 5.32 Å². The zero-order chi connectivity index (χ0) is 14.6. The van der Waals surface area contributed by atoms with E-state index in [0.29, 0.717) is 11.3 Å². The number of aromatic nitrogens is 1. The molecule has 1 aromatic rings. The molecule has 1 aromatic heterocycles. The molecule has 0 radical (unpaired) electrons. The summed E-state index contributed by atoms with van der Waals surface area (Å²) in [4.78, 5) is 12.8. The molecular formula is C14H25IN4S2. The van der Waals surface area contributed by atoms with Crippen molar-refractivity contribution in [2.75, 3.05) is 25.4 Å². The van der Waals surface area contributed by atoms with Gasteiger partial charge in [-0.3, -0.25) is 0 Å². The maximum Gasteiger partial charge on any atom is 0.194 e.